The van der Waals surface area contributed by atoms with Crippen LogP contribution in [0.2, 0.25) is 0 Å². The normalized spacial score (nSPS) is 11.1. The van der Waals surface area contributed by atoms with Crippen LogP contribution >= 0.6 is 0 Å². The zero-order valence-corrected chi connectivity index (χ0v) is 10.8. The molecule has 0 amide bonds. The SMILES string of the molecule is CC.CC(C)c1cn(C)nc1OCC(F)(F)F. The second-order valence-corrected chi connectivity index (χ2v) is 3.62. The maximum atomic E-state index is 11.9. The molecule has 1 heterocycles. The summed E-state index contributed by atoms with van der Waals surface area (Å²) in [6, 6.07) is 0. The molecule has 0 unspecified atom stereocenters. The van der Waals surface area contributed by atoms with Crippen LogP contribution in [0.4, 0.5) is 13.2 Å². The molecule has 1 rings (SSSR count). The average molecular weight is 252 g/mol. The number of hydrogen-bond acceptors (Lipinski definition) is 2. The van der Waals surface area contributed by atoms with Crippen molar-refractivity contribution in [3.05, 3.63) is 11.8 Å². The Kier molecular flexibility index (Phi) is 6.05. The lowest BCUT2D eigenvalue weighted by Gasteiger charge is -2.09. The van der Waals surface area contributed by atoms with E-state index in [4.69, 9.17) is 0 Å². The van der Waals surface area contributed by atoms with Gasteiger partial charge in [0.05, 0.1) is 0 Å². The Morgan fingerprint density at radius 1 is 1.35 bits per heavy atom. The summed E-state index contributed by atoms with van der Waals surface area (Å²) in [5.74, 6) is 0.145. The van der Waals surface area contributed by atoms with Crippen molar-refractivity contribution in [2.45, 2.75) is 39.8 Å². The standard InChI is InChI=1S/C9H13F3N2O.C2H6/c1-6(2)7-4-14(3)13-8(7)15-5-9(10,11)12;1-2/h4,6H,5H2,1-3H3;1-2H3. The molecule has 3 nitrogen and oxygen atoms in total. The van der Waals surface area contributed by atoms with E-state index >= 15 is 0 Å². The molecule has 1 aromatic rings. The van der Waals surface area contributed by atoms with Crippen LogP contribution in [-0.4, -0.2) is 22.6 Å². The Labute approximate surface area is 99.6 Å². The number of halogens is 3. The summed E-state index contributed by atoms with van der Waals surface area (Å²) >= 11 is 0. The Bertz CT molecular complexity index is 332. The van der Waals surface area contributed by atoms with Gasteiger partial charge in [-0.1, -0.05) is 27.7 Å². The maximum Gasteiger partial charge on any atom is 0.422 e. The van der Waals surface area contributed by atoms with Gasteiger partial charge in [0.25, 0.3) is 0 Å². The quantitative estimate of drug-likeness (QED) is 0.823. The van der Waals surface area contributed by atoms with Gasteiger partial charge in [0.15, 0.2) is 6.61 Å². The Hall–Kier alpha value is -1.20. The molecular weight excluding hydrogens is 233 g/mol. The molecule has 0 atom stereocenters. The first-order valence-electron chi connectivity index (χ1n) is 5.52. The lowest BCUT2D eigenvalue weighted by atomic mass is 10.1. The van der Waals surface area contributed by atoms with Crippen molar-refractivity contribution in [1.29, 1.82) is 0 Å². The number of nitrogens with zero attached hydrogens (tertiary/aromatic N) is 2. The summed E-state index contributed by atoms with van der Waals surface area (Å²) in [7, 11) is 1.65. The van der Waals surface area contributed by atoms with Crippen molar-refractivity contribution in [2.75, 3.05) is 6.61 Å². The van der Waals surface area contributed by atoms with Gasteiger partial charge in [0.2, 0.25) is 5.88 Å². The molecular formula is C11H19F3N2O. The number of hydrogen-bond donors (Lipinski definition) is 0. The van der Waals surface area contributed by atoms with Crippen molar-refractivity contribution < 1.29 is 17.9 Å². The third-order valence-electron chi connectivity index (χ3n) is 1.82. The number of aryl methyl sites for hydroxylation is 1. The van der Waals surface area contributed by atoms with Gasteiger partial charge < -0.3 is 4.74 Å². The third kappa shape index (κ3) is 5.60. The van der Waals surface area contributed by atoms with Gasteiger partial charge >= 0.3 is 6.18 Å². The highest BCUT2D eigenvalue weighted by atomic mass is 19.4. The van der Waals surface area contributed by atoms with Crippen LogP contribution in [0.1, 0.15) is 39.2 Å². The number of alkyl halides is 3. The van der Waals surface area contributed by atoms with Crippen LogP contribution < -0.4 is 4.74 Å². The summed E-state index contributed by atoms with van der Waals surface area (Å²) in [4.78, 5) is 0. The number of aromatic nitrogens is 2. The first-order valence-corrected chi connectivity index (χ1v) is 5.52. The van der Waals surface area contributed by atoms with Crippen LogP contribution in [0, 0.1) is 0 Å². The molecule has 0 N–H and O–H groups in total. The fourth-order valence-corrected chi connectivity index (χ4v) is 1.14. The van der Waals surface area contributed by atoms with Gasteiger partial charge in [-0.15, -0.1) is 5.10 Å². The smallest absolute Gasteiger partial charge is 0.422 e. The van der Waals surface area contributed by atoms with Crippen LogP contribution in [0.3, 0.4) is 0 Å². The molecule has 0 bridgehead atoms. The van der Waals surface area contributed by atoms with E-state index in [-0.39, 0.29) is 11.8 Å². The van der Waals surface area contributed by atoms with Gasteiger partial charge in [-0.25, -0.2) is 0 Å². The molecule has 0 saturated carbocycles. The Morgan fingerprint density at radius 3 is 2.29 bits per heavy atom. The first-order chi connectivity index (χ1) is 7.79. The highest BCUT2D eigenvalue weighted by Crippen LogP contribution is 2.26. The van der Waals surface area contributed by atoms with Gasteiger partial charge in [0.1, 0.15) is 0 Å². The highest BCUT2D eigenvalue weighted by Gasteiger charge is 2.29. The summed E-state index contributed by atoms with van der Waals surface area (Å²) in [5, 5.41) is 3.83. The van der Waals surface area contributed by atoms with E-state index < -0.39 is 12.8 Å². The van der Waals surface area contributed by atoms with Crippen molar-refractivity contribution in [3.63, 3.8) is 0 Å². The summed E-state index contributed by atoms with van der Waals surface area (Å²) in [6.45, 7) is 6.44. The maximum absolute atomic E-state index is 11.9. The molecule has 0 aliphatic rings. The van der Waals surface area contributed by atoms with Crippen molar-refractivity contribution >= 4 is 0 Å². The molecule has 0 aliphatic carbocycles. The van der Waals surface area contributed by atoms with Crippen LogP contribution in [0.25, 0.3) is 0 Å². The van der Waals surface area contributed by atoms with Crippen LogP contribution in [0.5, 0.6) is 5.88 Å². The van der Waals surface area contributed by atoms with E-state index in [0.717, 1.165) is 0 Å². The Morgan fingerprint density at radius 2 is 1.88 bits per heavy atom. The predicted octanol–water partition coefficient (Wildman–Crippen LogP) is 3.51. The molecule has 1 aromatic heterocycles. The van der Waals surface area contributed by atoms with E-state index in [1.807, 2.05) is 27.7 Å². The fraction of sp³-hybridized carbons (Fsp3) is 0.727. The first kappa shape index (κ1) is 15.8. The minimum atomic E-state index is -4.33. The molecule has 17 heavy (non-hydrogen) atoms. The largest absolute Gasteiger partial charge is 0.467 e. The van der Waals surface area contributed by atoms with E-state index in [0.29, 0.717) is 5.56 Å². The molecule has 6 heteroatoms. The molecule has 0 saturated heterocycles. The van der Waals surface area contributed by atoms with Gasteiger partial charge in [-0.05, 0) is 5.92 Å². The molecule has 100 valence electrons. The molecule has 0 spiro atoms. The second-order valence-electron chi connectivity index (χ2n) is 3.62. The minimum Gasteiger partial charge on any atom is -0.467 e. The number of rotatable bonds is 3. The minimum absolute atomic E-state index is 0.0600. The monoisotopic (exact) mass is 252 g/mol. The van der Waals surface area contributed by atoms with Gasteiger partial charge in [0, 0.05) is 18.8 Å². The second kappa shape index (κ2) is 6.51. The van der Waals surface area contributed by atoms with Crippen molar-refractivity contribution in [1.82, 2.24) is 9.78 Å². The highest BCUT2D eigenvalue weighted by molar-refractivity contribution is 5.26. The van der Waals surface area contributed by atoms with E-state index in [9.17, 15) is 13.2 Å². The zero-order chi connectivity index (χ0) is 13.6. The lowest BCUT2D eigenvalue weighted by Crippen LogP contribution is -2.20. The van der Waals surface area contributed by atoms with Crippen molar-refractivity contribution in [2.24, 2.45) is 7.05 Å². The van der Waals surface area contributed by atoms with E-state index in [1.165, 1.54) is 4.68 Å². The molecule has 0 radical (unpaired) electrons. The Balaban J connectivity index is 0.00000121. The topological polar surface area (TPSA) is 27.1 Å². The number of ether oxygens (including phenoxy) is 1. The molecule has 0 aromatic carbocycles. The van der Waals surface area contributed by atoms with Crippen molar-refractivity contribution in [3.8, 4) is 5.88 Å². The van der Waals surface area contributed by atoms with E-state index in [1.54, 1.807) is 13.2 Å². The fourth-order valence-electron chi connectivity index (χ4n) is 1.14. The zero-order valence-electron chi connectivity index (χ0n) is 10.8. The average Bonchev–Trinajstić information content (AvgIpc) is 2.59. The lowest BCUT2D eigenvalue weighted by molar-refractivity contribution is -0.154. The summed E-state index contributed by atoms with van der Waals surface area (Å²) < 4.78 is 41.8. The molecule has 0 fully saturated rings. The summed E-state index contributed by atoms with van der Waals surface area (Å²) in [6.07, 6.45) is -2.66. The molecule has 0 aliphatic heterocycles. The van der Waals surface area contributed by atoms with Gasteiger partial charge in [-0.3, -0.25) is 4.68 Å². The third-order valence-corrected chi connectivity index (χ3v) is 1.82. The predicted molar refractivity (Wildman–Crippen MR) is 60.2 cm³/mol. The summed E-state index contributed by atoms with van der Waals surface area (Å²) in [5.41, 5.74) is 0.682. The van der Waals surface area contributed by atoms with E-state index in [2.05, 4.69) is 9.84 Å². The van der Waals surface area contributed by atoms with Crippen LogP contribution in [-0.2, 0) is 7.05 Å². The van der Waals surface area contributed by atoms with Crippen LogP contribution in [0.15, 0.2) is 6.20 Å². The van der Waals surface area contributed by atoms with Gasteiger partial charge in [-0.2, -0.15) is 13.2 Å².